The Morgan fingerprint density at radius 1 is 1.11 bits per heavy atom. The third-order valence-electron chi connectivity index (χ3n) is 6.69. The van der Waals surface area contributed by atoms with Crippen LogP contribution in [-0.2, 0) is 17.9 Å². The van der Waals surface area contributed by atoms with Crippen LogP contribution in [0.2, 0.25) is 0 Å². The lowest BCUT2D eigenvalue weighted by Gasteiger charge is -2.23. The van der Waals surface area contributed by atoms with Crippen molar-refractivity contribution in [3.05, 3.63) is 80.8 Å². The number of aryl methyl sites for hydroxylation is 2. The second kappa shape index (κ2) is 10.8. The van der Waals surface area contributed by atoms with E-state index in [-0.39, 0.29) is 23.3 Å². The number of aromatic amines is 1. The van der Waals surface area contributed by atoms with Crippen LogP contribution < -0.4 is 20.5 Å². The largest absolute Gasteiger partial charge is 0.593 e. The van der Waals surface area contributed by atoms with E-state index in [1.165, 1.54) is 0 Å². The van der Waals surface area contributed by atoms with Crippen molar-refractivity contribution in [3.8, 4) is 11.1 Å². The summed E-state index contributed by atoms with van der Waals surface area (Å²) < 4.78 is 15.3. The lowest BCUT2D eigenvalue weighted by molar-refractivity contribution is 0.0950. The number of hydrogen-bond acceptors (Lipinski definition) is 5. The summed E-state index contributed by atoms with van der Waals surface area (Å²) >= 11 is -1.04. The van der Waals surface area contributed by atoms with Crippen molar-refractivity contribution in [2.24, 2.45) is 0 Å². The van der Waals surface area contributed by atoms with E-state index in [2.05, 4.69) is 32.9 Å². The maximum Gasteiger partial charge on any atom is 0.253 e. The number of H-pyrrole nitrogens is 1. The van der Waals surface area contributed by atoms with E-state index in [4.69, 9.17) is 0 Å². The Morgan fingerprint density at radius 3 is 2.42 bits per heavy atom. The molecule has 1 atom stereocenters. The highest BCUT2D eigenvalue weighted by Gasteiger charge is 2.35. The first-order valence-corrected chi connectivity index (χ1v) is 13.5. The summed E-state index contributed by atoms with van der Waals surface area (Å²) in [6.07, 6.45) is 2.02. The molecule has 0 spiro atoms. The maximum atomic E-state index is 13.3. The van der Waals surface area contributed by atoms with Crippen molar-refractivity contribution in [1.29, 1.82) is 0 Å². The molecule has 1 saturated carbocycles. The van der Waals surface area contributed by atoms with Crippen LogP contribution in [0.25, 0.3) is 11.1 Å². The first-order valence-electron chi connectivity index (χ1n) is 12.3. The molecule has 0 bridgehead atoms. The van der Waals surface area contributed by atoms with E-state index in [0.717, 1.165) is 58.7 Å². The fourth-order valence-corrected chi connectivity index (χ4v) is 5.35. The molecule has 1 heterocycles. The molecule has 36 heavy (non-hydrogen) atoms. The van der Waals surface area contributed by atoms with Crippen LogP contribution in [0, 0.1) is 20.8 Å². The maximum absolute atomic E-state index is 13.3. The highest BCUT2D eigenvalue weighted by atomic mass is 32.2. The predicted octanol–water partition coefficient (Wildman–Crippen LogP) is 4.59. The van der Waals surface area contributed by atoms with E-state index >= 15 is 0 Å². The number of hydrogen-bond donors (Lipinski definition) is 3. The zero-order valence-electron chi connectivity index (χ0n) is 21.5. The van der Waals surface area contributed by atoms with Crippen molar-refractivity contribution in [2.45, 2.75) is 52.3 Å². The number of nitrogens with one attached hydrogen (secondary N) is 3. The van der Waals surface area contributed by atoms with Gasteiger partial charge in [-0.05, 0) is 80.3 Å². The Balaban J connectivity index is 1.61. The average Bonchev–Trinajstić information content (AvgIpc) is 3.69. The first-order chi connectivity index (χ1) is 17.2. The van der Waals surface area contributed by atoms with Gasteiger partial charge < -0.3 is 19.8 Å². The number of benzene rings is 2. The molecule has 1 aromatic heterocycles. The second-order valence-corrected chi connectivity index (χ2v) is 10.9. The quantitative estimate of drug-likeness (QED) is 0.369. The van der Waals surface area contributed by atoms with E-state index in [9.17, 15) is 14.1 Å². The number of rotatable bonds is 9. The van der Waals surface area contributed by atoms with E-state index in [1.807, 2.05) is 64.2 Å². The number of pyridine rings is 1. The lowest BCUT2D eigenvalue weighted by Crippen LogP contribution is -2.29. The van der Waals surface area contributed by atoms with Gasteiger partial charge in [-0.15, -0.1) is 0 Å². The molecule has 8 heteroatoms. The normalized spacial score (nSPS) is 13.8. The SMILES string of the molecule is CCN(C)c1cc(-c2ccc(N[S+]([O-])C3CC3)cc2)cc(C(=O)NCc2c(C)cc(C)[nH]c2=O)c1C. The van der Waals surface area contributed by atoms with E-state index < -0.39 is 11.4 Å². The monoisotopic (exact) mass is 506 g/mol. The molecule has 1 fully saturated rings. The summed E-state index contributed by atoms with van der Waals surface area (Å²) in [6.45, 7) is 8.68. The summed E-state index contributed by atoms with van der Waals surface area (Å²) in [7, 11) is 2.00. The molecule has 1 unspecified atom stereocenters. The summed E-state index contributed by atoms with van der Waals surface area (Å²) in [5, 5.41) is 3.20. The highest BCUT2D eigenvalue weighted by Crippen LogP contribution is 2.33. The molecule has 190 valence electrons. The molecule has 3 N–H and O–H groups in total. The van der Waals surface area contributed by atoms with Crippen molar-refractivity contribution in [3.63, 3.8) is 0 Å². The van der Waals surface area contributed by atoms with Crippen molar-refractivity contribution < 1.29 is 9.35 Å². The van der Waals surface area contributed by atoms with Gasteiger partial charge in [0.15, 0.2) is 0 Å². The molecule has 0 radical (unpaired) electrons. The second-order valence-electron chi connectivity index (χ2n) is 9.48. The number of amides is 1. The van der Waals surface area contributed by atoms with Crippen LogP contribution in [0.15, 0.2) is 47.3 Å². The minimum Gasteiger partial charge on any atom is -0.593 e. The Hall–Kier alpha value is -3.23. The Kier molecular flexibility index (Phi) is 7.76. The molecule has 4 rings (SSSR count). The van der Waals surface area contributed by atoms with Crippen LogP contribution in [-0.4, -0.2) is 34.3 Å². The lowest BCUT2D eigenvalue weighted by atomic mass is 9.96. The van der Waals surface area contributed by atoms with Crippen LogP contribution in [0.4, 0.5) is 11.4 Å². The Labute approximate surface area is 215 Å². The van der Waals surface area contributed by atoms with Gasteiger partial charge in [0.05, 0.1) is 17.0 Å². The molecule has 1 aliphatic carbocycles. The third-order valence-corrected chi connectivity index (χ3v) is 8.21. The van der Waals surface area contributed by atoms with E-state index in [0.29, 0.717) is 11.1 Å². The molecule has 3 aromatic rings. The van der Waals surface area contributed by atoms with Gasteiger partial charge in [0.2, 0.25) is 0 Å². The standard InChI is InChI=1S/C28H34N4O3S/c1-6-32(5)26-15-21(20-7-9-22(10-8-20)31-36(35)23-11-12-23)14-24(19(26)4)27(33)29-16-25-17(2)13-18(3)30-28(25)34/h7-10,13-15,23,31H,6,11-12,16H2,1-5H3,(H,29,33)(H,30,34). The number of carbonyl (C=O) groups is 1. The zero-order valence-corrected chi connectivity index (χ0v) is 22.3. The smallest absolute Gasteiger partial charge is 0.253 e. The molecule has 1 aliphatic rings. The van der Waals surface area contributed by atoms with Crippen molar-refractivity contribution in [2.75, 3.05) is 23.2 Å². The highest BCUT2D eigenvalue weighted by molar-refractivity contribution is 7.93. The zero-order chi connectivity index (χ0) is 26.0. The fourth-order valence-electron chi connectivity index (χ4n) is 4.25. The predicted molar refractivity (Wildman–Crippen MR) is 148 cm³/mol. The topological polar surface area (TPSA) is 100 Å². The van der Waals surface area contributed by atoms with Gasteiger partial charge in [-0.25, -0.2) is 4.72 Å². The summed E-state index contributed by atoms with van der Waals surface area (Å²) in [5.74, 6) is -0.224. The molecule has 2 aromatic carbocycles. The first kappa shape index (κ1) is 25.9. The van der Waals surface area contributed by atoms with Crippen LogP contribution in [0.3, 0.4) is 0 Å². The van der Waals surface area contributed by atoms with Gasteiger partial charge >= 0.3 is 0 Å². The molecule has 7 nitrogen and oxygen atoms in total. The minimum absolute atomic E-state index is 0.154. The molecule has 0 aliphatic heterocycles. The van der Waals surface area contributed by atoms with Gasteiger partial charge in [-0.3, -0.25) is 9.59 Å². The number of anilines is 2. The number of aromatic nitrogens is 1. The molecular formula is C28H34N4O3S. The minimum atomic E-state index is -1.04. The molecule has 0 saturated heterocycles. The third kappa shape index (κ3) is 5.77. The molecular weight excluding hydrogens is 472 g/mol. The Bertz CT molecular complexity index is 1320. The van der Waals surface area contributed by atoms with Gasteiger partial charge in [0.25, 0.3) is 11.5 Å². The van der Waals surface area contributed by atoms with Gasteiger partial charge in [-0.2, -0.15) is 0 Å². The molecule has 1 amide bonds. The Morgan fingerprint density at radius 2 is 1.81 bits per heavy atom. The van der Waals surface area contributed by atoms with Crippen LogP contribution in [0.1, 0.15) is 52.5 Å². The van der Waals surface area contributed by atoms with Crippen LogP contribution in [0.5, 0.6) is 0 Å². The average molecular weight is 507 g/mol. The van der Waals surface area contributed by atoms with Crippen LogP contribution >= 0.6 is 0 Å². The van der Waals surface area contributed by atoms with Gasteiger partial charge in [0, 0.05) is 55.5 Å². The summed E-state index contributed by atoms with van der Waals surface area (Å²) in [6, 6.07) is 13.7. The van der Waals surface area contributed by atoms with Crippen molar-refractivity contribution in [1.82, 2.24) is 10.3 Å². The van der Waals surface area contributed by atoms with E-state index in [1.54, 1.807) is 0 Å². The van der Waals surface area contributed by atoms with Gasteiger partial charge in [0.1, 0.15) is 5.25 Å². The number of carbonyl (C=O) groups excluding carboxylic acids is 1. The van der Waals surface area contributed by atoms with Gasteiger partial charge in [-0.1, -0.05) is 12.1 Å². The summed E-state index contributed by atoms with van der Waals surface area (Å²) in [4.78, 5) is 30.6. The number of nitrogens with zero attached hydrogens (tertiary/aromatic N) is 1. The van der Waals surface area contributed by atoms with Crippen molar-refractivity contribution >= 4 is 28.6 Å². The summed E-state index contributed by atoms with van der Waals surface area (Å²) in [5.41, 5.74) is 7.15. The fraction of sp³-hybridized carbons (Fsp3) is 0.357.